The topological polar surface area (TPSA) is 113 Å². The Hall–Kier alpha value is -3.30. The van der Waals surface area contributed by atoms with E-state index in [2.05, 4.69) is 4.98 Å². The number of nitrogens with zero attached hydrogens (tertiary/aromatic N) is 4. The second kappa shape index (κ2) is 7.93. The maximum atomic E-state index is 11.8. The van der Waals surface area contributed by atoms with E-state index in [1.165, 1.54) is 19.2 Å². The highest BCUT2D eigenvalue weighted by Crippen LogP contribution is 2.46. The number of aliphatic hydroxyl groups is 1. The minimum Gasteiger partial charge on any atom is -0.480 e. The molecule has 1 N–H and O–H groups in total. The molecule has 1 fully saturated rings. The lowest BCUT2D eigenvalue weighted by Crippen LogP contribution is -2.52. The molecule has 9 heteroatoms. The summed E-state index contributed by atoms with van der Waals surface area (Å²) in [4.78, 5) is 19.8. The van der Waals surface area contributed by atoms with Gasteiger partial charge in [-0.1, -0.05) is 0 Å². The van der Waals surface area contributed by atoms with Gasteiger partial charge in [-0.15, -0.1) is 0 Å². The van der Waals surface area contributed by atoms with Crippen molar-refractivity contribution in [1.29, 1.82) is 0 Å². The first-order valence-corrected chi connectivity index (χ1v) is 10.7. The molecule has 2 aromatic heterocycles. The van der Waals surface area contributed by atoms with Gasteiger partial charge in [0.15, 0.2) is 0 Å². The molecule has 0 spiro atoms. The lowest BCUT2D eigenvalue weighted by Gasteiger charge is -2.49. The van der Waals surface area contributed by atoms with E-state index in [9.17, 15) is 15.2 Å². The Morgan fingerprint density at radius 3 is 2.33 bits per heavy atom. The number of pyridine rings is 1. The first-order valence-electron chi connectivity index (χ1n) is 10.7. The summed E-state index contributed by atoms with van der Waals surface area (Å²) in [6, 6.07) is 9.79. The molecular weight excluding hydrogens is 424 g/mol. The molecule has 1 saturated heterocycles. The number of non-ortho nitro benzene ring substituents is 1. The fourth-order valence-electron chi connectivity index (χ4n) is 4.92. The van der Waals surface area contributed by atoms with Crippen molar-refractivity contribution in [2.75, 3.05) is 7.11 Å². The van der Waals surface area contributed by atoms with Gasteiger partial charge in [0, 0.05) is 43.1 Å². The van der Waals surface area contributed by atoms with E-state index >= 15 is 0 Å². The fraction of sp³-hybridized carbons (Fsp3) is 0.417. The minimum atomic E-state index is -1.23. The molecule has 0 radical (unpaired) electrons. The zero-order chi connectivity index (χ0) is 24.0. The van der Waals surface area contributed by atoms with E-state index in [1.54, 1.807) is 35.2 Å². The maximum Gasteiger partial charge on any atom is 0.269 e. The first-order chi connectivity index (χ1) is 15.4. The molecule has 4 rings (SSSR count). The van der Waals surface area contributed by atoms with Gasteiger partial charge in [0.05, 0.1) is 34.5 Å². The molecule has 1 aliphatic rings. The van der Waals surface area contributed by atoms with E-state index in [1.807, 2.05) is 33.8 Å². The van der Waals surface area contributed by atoms with Gasteiger partial charge < -0.3 is 14.6 Å². The summed E-state index contributed by atoms with van der Waals surface area (Å²) < 4.78 is 13.4. The van der Waals surface area contributed by atoms with Crippen LogP contribution in [0.1, 0.15) is 46.2 Å². The van der Waals surface area contributed by atoms with E-state index in [0.717, 1.165) is 0 Å². The monoisotopic (exact) mass is 452 g/mol. The van der Waals surface area contributed by atoms with E-state index in [0.29, 0.717) is 41.5 Å². The summed E-state index contributed by atoms with van der Waals surface area (Å²) in [6.07, 6.45) is 4.13. The number of hydrogen-bond acceptors (Lipinski definition) is 7. The highest BCUT2D eigenvalue weighted by Gasteiger charge is 2.49. The molecule has 3 heterocycles. The average molecular weight is 453 g/mol. The number of benzene rings is 1. The average Bonchev–Trinajstić information content (AvgIpc) is 3.17. The summed E-state index contributed by atoms with van der Waals surface area (Å²) in [6.45, 7) is 7.82. The molecule has 174 valence electrons. The third-order valence-electron chi connectivity index (χ3n) is 5.72. The second-order valence-corrected chi connectivity index (χ2v) is 9.66. The smallest absolute Gasteiger partial charge is 0.269 e. The van der Waals surface area contributed by atoms with E-state index < -0.39 is 21.7 Å². The van der Waals surface area contributed by atoms with Gasteiger partial charge in [-0.05, 0) is 52.0 Å². The van der Waals surface area contributed by atoms with Crippen molar-refractivity contribution in [2.24, 2.45) is 0 Å². The Bertz CT molecular complexity index is 1170. The maximum absolute atomic E-state index is 11.8. The van der Waals surface area contributed by atoms with Crippen molar-refractivity contribution in [2.45, 2.75) is 57.3 Å². The Labute approximate surface area is 192 Å². The largest absolute Gasteiger partial charge is 0.480 e. The van der Waals surface area contributed by atoms with Gasteiger partial charge >= 0.3 is 0 Å². The number of nitro groups is 1. The van der Waals surface area contributed by atoms with E-state index in [4.69, 9.17) is 14.5 Å². The molecule has 3 aromatic rings. The quantitative estimate of drug-likeness (QED) is 0.451. The van der Waals surface area contributed by atoms with Gasteiger partial charge in [0.2, 0.25) is 5.88 Å². The van der Waals surface area contributed by atoms with Crippen LogP contribution in [0.15, 0.2) is 48.8 Å². The van der Waals surface area contributed by atoms with Crippen LogP contribution in [-0.4, -0.2) is 42.9 Å². The van der Waals surface area contributed by atoms with Crippen LogP contribution < -0.4 is 4.74 Å². The standard InChI is InChI=1S/C24H28N4O5/c1-22(2)14-24(29,15-23(3,4)33-22)19-13-27(16-8-10-17(11-9-16)28(30)31)20(26-19)18-7-6-12-25-21(18)32-5/h6-13,29H,14-15H2,1-5H3. The summed E-state index contributed by atoms with van der Waals surface area (Å²) >= 11 is 0. The van der Waals surface area contributed by atoms with Crippen molar-refractivity contribution >= 4 is 5.69 Å². The number of nitro benzene ring substituents is 1. The molecule has 0 atom stereocenters. The zero-order valence-corrected chi connectivity index (χ0v) is 19.4. The predicted molar refractivity (Wildman–Crippen MR) is 122 cm³/mol. The van der Waals surface area contributed by atoms with Gasteiger partial charge in [-0.2, -0.15) is 0 Å². The van der Waals surface area contributed by atoms with Crippen molar-refractivity contribution < 1.29 is 19.5 Å². The normalized spacial score (nSPS) is 18.6. The highest BCUT2D eigenvalue weighted by molar-refractivity contribution is 5.65. The van der Waals surface area contributed by atoms with Crippen LogP contribution in [0.4, 0.5) is 5.69 Å². The number of imidazole rings is 1. The van der Waals surface area contributed by atoms with Crippen LogP contribution in [0, 0.1) is 10.1 Å². The van der Waals surface area contributed by atoms with Crippen LogP contribution in [0.2, 0.25) is 0 Å². The fourth-order valence-corrected chi connectivity index (χ4v) is 4.92. The summed E-state index contributed by atoms with van der Waals surface area (Å²) in [5.41, 5.74) is -0.563. The van der Waals surface area contributed by atoms with Gasteiger partial charge in [-0.25, -0.2) is 9.97 Å². The number of ether oxygens (including phenoxy) is 2. The molecule has 0 amide bonds. The first kappa shape index (κ1) is 22.9. The van der Waals surface area contributed by atoms with Gasteiger partial charge in [0.25, 0.3) is 5.69 Å². The molecule has 0 saturated carbocycles. The Morgan fingerprint density at radius 1 is 1.12 bits per heavy atom. The SMILES string of the molecule is COc1ncccc1-c1nc(C2(O)CC(C)(C)OC(C)(C)C2)cn1-c1ccc([N+](=O)[O-])cc1. The lowest BCUT2D eigenvalue weighted by atomic mass is 9.76. The molecule has 1 aromatic carbocycles. The number of aromatic nitrogens is 3. The summed E-state index contributed by atoms with van der Waals surface area (Å²) in [5.74, 6) is 0.900. The summed E-state index contributed by atoms with van der Waals surface area (Å²) in [5, 5.41) is 22.9. The summed E-state index contributed by atoms with van der Waals surface area (Å²) in [7, 11) is 1.53. The highest BCUT2D eigenvalue weighted by atomic mass is 16.6. The molecule has 0 bridgehead atoms. The van der Waals surface area contributed by atoms with Crippen LogP contribution in [0.3, 0.4) is 0 Å². The molecule has 33 heavy (non-hydrogen) atoms. The molecule has 0 unspecified atom stereocenters. The molecule has 1 aliphatic heterocycles. The predicted octanol–water partition coefficient (Wildman–Crippen LogP) is 4.41. The van der Waals surface area contributed by atoms with Crippen LogP contribution >= 0.6 is 0 Å². The molecule has 9 nitrogen and oxygen atoms in total. The van der Waals surface area contributed by atoms with Crippen molar-refractivity contribution in [3.05, 3.63) is 64.6 Å². The Morgan fingerprint density at radius 2 is 1.76 bits per heavy atom. The van der Waals surface area contributed by atoms with Gasteiger partial charge in [0.1, 0.15) is 11.4 Å². The van der Waals surface area contributed by atoms with Crippen LogP contribution in [0.5, 0.6) is 5.88 Å². The number of methoxy groups -OCH3 is 1. The second-order valence-electron chi connectivity index (χ2n) is 9.66. The number of hydrogen-bond donors (Lipinski definition) is 1. The number of rotatable bonds is 5. The lowest BCUT2D eigenvalue weighted by molar-refractivity contribution is -0.384. The zero-order valence-electron chi connectivity index (χ0n) is 19.4. The van der Waals surface area contributed by atoms with E-state index in [-0.39, 0.29) is 5.69 Å². The third-order valence-corrected chi connectivity index (χ3v) is 5.72. The van der Waals surface area contributed by atoms with Crippen molar-refractivity contribution in [3.8, 4) is 23.0 Å². The van der Waals surface area contributed by atoms with Gasteiger partial charge in [-0.3, -0.25) is 14.7 Å². The van der Waals surface area contributed by atoms with Crippen molar-refractivity contribution in [1.82, 2.24) is 14.5 Å². The van der Waals surface area contributed by atoms with Crippen molar-refractivity contribution in [3.63, 3.8) is 0 Å². The third kappa shape index (κ3) is 4.46. The van der Waals surface area contributed by atoms with Crippen LogP contribution in [-0.2, 0) is 10.3 Å². The molecular formula is C24H28N4O5. The minimum absolute atomic E-state index is 0.00819. The molecule has 0 aliphatic carbocycles. The Balaban J connectivity index is 1.90. The van der Waals surface area contributed by atoms with Crippen LogP contribution in [0.25, 0.3) is 17.1 Å². The Kier molecular flexibility index (Phi) is 5.50.